The zero-order valence-corrected chi connectivity index (χ0v) is 7.27. The number of hydrogen-bond acceptors (Lipinski definition) is 1. The molecule has 0 aromatic carbocycles. The highest BCUT2D eigenvalue weighted by atomic mass is 19.3. The van der Waals surface area contributed by atoms with E-state index in [0.717, 1.165) is 5.57 Å². The minimum absolute atomic E-state index is 0.230. The quantitative estimate of drug-likeness (QED) is 0.435. The van der Waals surface area contributed by atoms with Crippen molar-refractivity contribution in [2.75, 3.05) is 20.1 Å². The zero-order chi connectivity index (χ0) is 9.35. The van der Waals surface area contributed by atoms with Crippen LogP contribution in [0.15, 0.2) is 17.1 Å². The van der Waals surface area contributed by atoms with Gasteiger partial charge in [0.1, 0.15) is 5.84 Å². The zero-order valence-electron chi connectivity index (χ0n) is 7.27. The van der Waals surface area contributed by atoms with Gasteiger partial charge in [-0.2, -0.15) is 0 Å². The van der Waals surface area contributed by atoms with Crippen LogP contribution in [0.4, 0.5) is 8.78 Å². The molecule has 0 aromatic rings. The van der Waals surface area contributed by atoms with Gasteiger partial charge in [0.15, 0.2) is 0 Å². The van der Waals surface area contributed by atoms with Gasteiger partial charge in [-0.1, -0.05) is 6.58 Å². The van der Waals surface area contributed by atoms with E-state index in [-0.39, 0.29) is 13.1 Å². The Kier molecular flexibility index (Phi) is 2.17. The van der Waals surface area contributed by atoms with Gasteiger partial charge in [-0.05, 0) is 12.5 Å². The smallest absolute Gasteiger partial charge is 0.282 e. The largest absolute Gasteiger partial charge is 0.345 e. The summed E-state index contributed by atoms with van der Waals surface area (Å²) in [4.78, 5) is 5.41. The van der Waals surface area contributed by atoms with E-state index in [2.05, 4.69) is 11.6 Å². The minimum Gasteiger partial charge on any atom is -0.345 e. The van der Waals surface area contributed by atoms with E-state index in [4.69, 9.17) is 0 Å². The summed E-state index contributed by atoms with van der Waals surface area (Å²) in [5.74, 6) is -1.95. The first-order valence-corrected chi connectivity index (χ1v) is 3.72. The average molecular weight is 174 g/mol. The normalized spacial score (nSPS) is 22.0. The Balaban J connectivity index is 2.57. The lowest BCUT2D eigenvalue weighted by atomic mass is 10.1. The van der Waals surface area contributed by atoms with Gasteiger partial charge in [0, 0.05) is 7.05 Å². The molecule has 0 bridgehead atoms. The van der Waals surface area contributed by atoms with Gasteiger partial charge >= 0.3 is 0 Å². The maximum Gasteiger partial charge on any atom is 0.282 e. The Morgan fingerprint density at radius 2 is 2.00 bits per heavy atom. The fraction of sp³-hybridized carbons (Fsp3) is 0.625. The standard InChI is InChI=1S/C8H12F2N2/c1-6(2)7(11-3)12-4-8(9,10)5-12/h1,4-5H2,2-3H3. The molecule has 4 heteroatoms. The summed E-state index contributed by atoms with van der Waals surface area (Å²) < 4.78 is 24.8. The van der Waals surface area contributed by atoms with Gasteiger partial charge in [0.05, 0.1) is 13.1 Å². The van der Waals surface area contributed by atoms with Crippen molar-refractivity contribution < 1.29 is 8.78 Å². The van der Waals surface area contributed by atoms with Crippen LogP contribution in [0.5, 0.6) is 0 Å². The molecule has 0 aromatic heterocycles. The minimum atomic E-state index is -2.54. The first-order chi connectivity index (χ1) is 5.46. The molecule has 1 fully saturated rings. The van der Waals surface area contributed by atoms with Crippen LogP contribution < -0.4 is 0 Å². The van der Waals surface area contributed by atoms with Crippen molar-refractivity contribution in [1.29, 1.82) is 0 Å². The van der Waals surface area contributed by atoms with Crippen molar-refractivity contribution in [2.24, 2.45) is 4.99 Å². The van der Waals surface area contributed by atoms with E-state index in [1.807, 2.05) is 0 Å². The van der Waals surface area contributed by atoms with Crippen molar-refractivity contribution in [3.05, 3.63) is 12.2 Å². The topological polar surface area (TPSA) is 15.6 Å². The third kappa shape index (κ3) is 1.62. The monoisotopic (exact) mass is 174 g/mol. The van der Waals surface area contributed by atoms with E-state index >= 15 is 0 Å². The average Bonchev–Trinajstić information content (AvgIpc) is 1.84. The Bertz CT molecular complexity index is 225. The molecule has 0 atom stereocenters. The second kappa shape index (κ2) is 2.84. The van der Waals surface area contributed by atoms with Gasteiger partial charge in [0.25, 0.3) is 5.92 Å². The fourth-order valence-corrected chi connectivity index (χ4v) is 1.26. The van der Waals surface area contributed by atoms with Crippen LogP contribution in [0.2, 0.25) is 0 Å². The predicted octanol–water partition coefficient (Wildman–Crippen LogP) is 1.54. The lowest BCUT2D eigenvalue weighted by Crippen LogP contribution is -2.58. The second-order valence-electron chi connectivity index (χ2n) is 3.04. The van der Waals surface area contributed by atoms with Gasteiger partial charge in [-0.3, -0.25) is 4.99 Å². The highest BCUT2D eigenvalue weighted by molar-refractivity contribution is 5.97. The molecule has 12 heavy (non-hydrogen) atoms. The summed E-state index contributed by atoms with van der Waals surface area (Å²) in [6.45, 7) is 4.96. The summed E-state index contributed by atoms with van der Waals surface area (Å²) in [7, 11) is 1.58. The van der Waals surface area contributed by atoms with Crippen LogP contribution >= 0.6 is 0 Å². The van der Waals surface area contributed by atoms with Crippen LogP contribution in [-0.4, -0.2) is 36.8 Å². The second-order valence-corrected chi connectivity index (χ2v) is 3.04. The van der Waals surface area contributed by atoms with E-state index < -0.39 is 5.92 Å². The number of aliphatic imine (C=N–C) groups is 1. The first kappa shape index (κ1) is 9.16. The van der Waals surface area contributed by atoms with E-state index in [0.29, 0.717) is 5.84 Å². The van der Waals surface area contributed by atoms with Crippen LogP contribution in [0.3, 0.4) is 0 Å². The SMILES string of the molecule is C=C(C)C(=NC)N1CC(F)(F)C1. The van der Waals surface area contributed by atoms with E-state index in [9.17, 15) is 8.78 Å². The number of nitrogens with zero attached hydrogens (tertiary/aromatic N) is 2. The van der Waals surface area contributed by atoms with Crippen molar-refractivity contribution >= 4 is 5.84 Å². The maximum atomic E-state index is 12.4. The molecule has 0 amide bonds. The molecule has 1 saturated heterocycles. The van der Waals surface area contributed by atoms with Crippen LogP contribution in [0.1, 0.15) is 6.92 Å². The summed E-state index contributed by atoms with van der Waals surface area (Å²) in [5.41, 5.74) is 0.730. The molecule has 1 aliphatic rings. The number of alkyl halides is 2. The Hall–Kier alpha value is -0.930. The van der Waals surface area contributed by atoms with Gasteiger partial charge < -0.3 is 4.90 Å². The summed E-state index contributed by atoms with van der Waals surface area (Å²) in [6.07, 6.45) is 0. The maximum absolute atomic E-state index is 12.4. The summed E-state index contributed by atoms with van der Waals surface area (Å²) >= 11 is 0. The number of amidine groups is 1. The van der Waals surface area contributed by atoms with Crippen LogP contribution in [0, 0.1) is 0 Å². The fourth-order valence-electron chi connectivity index (χ4n) is 1.26. The Labute approximate surface area is 70.6 Å². The van der Waals surface area contributed by atoms with Crippen molar-refractivity contribution in [3.8, 4) is 0 Å². The molecule has 68 valence electrons. The first-order valence-electron chi connectivity index (χ1n) is 3.72. The molecule has 0 unspecified atom stereocenters. The third-order valence-corrected chi connectivity index (χ3v) is 1.74. The molecule has 0 aliphatic carbocycles. The van der Waals surface area contributed by atoms with Crippen LogP contribution in [0.25, 0.3) is 0 Å². The number of rotatable bonds is 1. The molecular formula is C8H12F2N2. The molecule has 1 heterocycles. The van der Waals surface area contributed by atoms with Crippen molar-refractivity contribution in [3.63, 3.8) is 0 Å². The number of likely N-dealkylation sites (tertiary alicyclic amines) is 1. The molecule has 0 spiro atoms. The lowest BCUT2D eigenvalue weighted by Gasteiger charge is -2.40. The molecule has 0 saturated carbocycles. The summed E-state index contributed by atoms with van der Waals surface area (Å²) in [5, 5.41) is 0. The van der Waals surface area contributed by atoms with Gasteiger partial charge in [-0.25, -0.2) is 8.78 Å². The van der Waals surface area contributed by atoms with Crippen molar-refractivity contribution in [1.82, 2.24) is 4.90 Å². The summed E-state index contributed by atoms with van der Waals surface area (Å²) in [6, 6.07) is 0. The third-order valence-electron chi connectivity index (χ3n) is 1.74. The van der Waals surface area contributed by atoms with Gasteiger partial charge in [-0.15, -0.1) is 0 Å². The lowest BCUT2D eigenvalue weighted by molar-refractivity contribution is -0.101. The Morgan fingerprint density at radius 3 is 2.25 bits per heavy atom. The predicted molar refractivity (Wildman–Crippen MR) is 44.7 cm³/mol. The molecule has 2 nitrogen and oxygen atoms in total. The van der Waals surface area contributed by atoms with Crippen molar-refractivity contribution in [2.45, 2.75) is 12.8 Å². The molecule has 1 aliphatic heterocycles. The van der Waals surface area contributed by atoms with Crippen LogP contribution in [-0.2, 0) is 0 Å². The van der Waals surface area contributed by atoms with Gasteiger partial charge in [0.2, 0.25) is 0 Å². The molecular weight excluding hydrogens is 162 g/mol. The molecule has 0 N–H and O–H groups in total. The molecule has 1 rings (SSSR count). The highest BCUT2D eigenvalue weighted by Gasteiger charge is 2.45. The Morgan fingerprint density at radius 1 is 1.50 bits per heavy atom. The number of halogens is 2. The molecule has 0 radical (unpaired) electrons. The number of hydrogen-bond donors (Lipinski definition) is 0. The highest BCUT2D eigenvalue weighted by Crippen LogP contribution is 2.27. The van der Waals surface area contributed by atoms with E-state index in [1.165, 1.54) is 4.90 Å². The van der Waals surface area contributed by atoms with E-state index in [1.54, 1.807) is 14.0 Å².